The van der Waals surface area contributed by atoms with Crippen molar-refractivity contribution >= 4 is 17.6 Å². The van der Waals surface area contributed by atoms with Gasteiger partial charge >= 0.3 is 0 Å². The van der Waals surface area contributed by atoms with Gasteiger partial charge in [-0.3, -0.25) is 9.98 Å². The second kappa shape index (κ2) is 18.4. The van der Waals surface area contributed by atoms with Crippen molar-refractivity contribution in [2.45, 2.75) is 106 Å². The minimum Gasteiger partial charge on any atom is -0.489 e. The normalized spacial score (nSPS) is 16.5. The van der Waals surface area contributed by atoms with Gasteiger partial charge in [0.1, 0.15) is 18.1 Å². The van der Waals surface area contributed by atoms with E-state index in [2.05, 4.69) is 37.0 Å². The summed E-state index contributed by atoms with van der Waals surface area (Å²) in [5.41, 5.74) is 5.79. The molecule has 5 nitrogen and oxygen atoms in total. The van der Waals surface area contributed by atoms with Gasteiger partial charge in [0.25, 0.3) is 5.92 Å². The van der Waals surface area contributed by atoms with Crippen molar-refractivity contribution in [2.75, 3.05) is 7.11 Å². The maximum Gasteiger partial charge on any atom is 0.286 e. The average Bonchev–Trinajstić information content (AvgIpc) is 3.87. The van der Waals surface area contributed by atoms with E-state index in [4.69, 9.17) is 14.5 Å². The molecule has 1 aliphatic rings. The molecule has 0 amide bonds. The summed E-state index contributed by atoms with van der Waals surface area (Å²) in [7, 11) is 1.65. The molecule has 0 radical (unpaired) electrons. The Morgan fingerprint density at radius 3 is 2.29 bits per heavy atom. The van der Waals surface area contributed by atoms with E-state index in [1.54, 1.807) is 20.2 Å². The lowest BCUT2D eigenvalue weighted by atomic mass is 9.95. The molecule has 1 aliphatic carbocycles. The topological polar surface area (TPSA) is 55.5 Å². The lowest BCUT2D eigenvalue weighted by Gasteiger charge is -2.18. The first-order valence-corrected chi connectivity index (χ1v) is 16.2. The summed E-state index contributed by atoms with van der Waals surface area (Å²) in [6, 6.07) is 7.69. The van der Waals surface area contributed by atoms with Crippen LogP contribution in [0.5, 0.6) is 0 Å². The van der Waals surface area contributed by atoms with Gasteiger partial charge in [-0.2, -0.15) is 8.78 Å². The number of allylic oxidation sites excluding steroid dienone is 5. The lowest BCUT2D eigenvalue weighted by Crippen LogP contribution is -2.18. The molecule has 0 aromatic heterocycles. The van der Waals surface area contributed by atoms with E-state index in [-0.39, 0.29) is 11.6 Å². The second-order valence-electron chi connectivity index (χ2n) is 11.7. The summed E-state index contributed by atoms with van der Waals surface area (Å²) in [6.07, 6.45) is 11.6. The number of nitrogens with zero attached hydrogens (tertiary/aromatic N) is 3. The number of halogens is 2. The summed E-state index contributed by atoms with van der Waals surface area (Å²) < 4.78 is 39.9. The van der Waals surface area contributed by atoms with E-state index in [0.717, 1.165) is 85.4 Å². The van der Waals surface area contributed by atoms with Gasteiger partial charge in [-0.15, -0.1) is 0 Å². The SMILES string of the molecule is C=C(OCc1ccc(C(=N/C(=C\C)C(C)(F)F)C(C)CC)cc1)\C(C)=C/N=C(CCC)\C(C(=C)C1CC1)=C(\N=C/CCC)OC. The Hall–Kier alpha value is -3.61. The minimum atomic E-state index is -3.01. The molecular weight excluding hydrogens is 568 g/mol. The number of benzene rings is 1. The number of hydrogen-bond donors (Lipinski definition) is 0. The third-order valence-corrected chi connectivity index (χ3v) is 7.76. The van der Waals surface area contributed by atoms with Gasteiger partial charge in [-0.05, 0) is 74.5 Å². The highest BCUT2D eigenvalue weighted by molar-refractivity contribution is 6.05. The van der Waals surface area contributed by atoms with Crippen molar-refractivity contribution in [3.63, 3.8) is 0 Å². The third-order valence-electron chi connectivity index (χ3n) is 7.76. The van der Waals surface area contributed by atoms with Crippen molar-refractivity contribution in [3.05, 3.63) is 94.9 Å². The Labute approximate surface area is 270 Å². The molecule has 0 aliphatic heterocycles. The van der Waals surface area contributed by atoms with Crippen LogP contribution in [0.2, 0.25) is 0 Å². The van der Waals surface area contributed by atoms with Crippen LogP contribution in [0.25, 0.3) is 0 Å². The predicted octanol–water partition coefficient (Wildman–Crippen LogP) is 11.0. The average molecular weight is 622 g/mol. The lowest BCUT2D eigenvalue weighted by molar-refractivity contribution is 0.0619. The van der Waals surface area contributed by atoms with Gasteiger partial charge in [0, 0.05) is 24.9 Å². The van der Waals surface area contributed by atoms with Crippen LogP contribution in [-0.2, 0) is 16.1 Å². The van der Waals surface area contributed by atoms with Crippen molar-refractivity contribution in [1.82, 2.24) is 0 Å². The highest BCUT2D eigenvalue weighted by Crippen LogP contribution is 2.41. The van der Waals surface area contributed by atoms with E-state index in [0.29, 0.717) is 29.9 Å². The number of rotatable bonds is 19. The fraction of sp³-hybridized carbons (Fsp3) is 0.500. The summed E-state index contributed by atoms with van der Waals surface area (Å²) in [4.78, 5) is 13.9. The van der Waals surface area contributed by atoms with Crippen LogP contribution < -0.4 is 0 Å². The van der Waals surface area contributed by atoms with Gasteiger partial charge in [0.2, 0.25) is 5.88 Å². The zero-order valence-electron chi connectivity index (χ0n) is 28.7. The molecule has 1 saturated carbocycles. The van der Waals surface area contributed by atoms with Crippen LogP contribution in [0, 0.1) is 11.8 Å². The van der Waals surface area contributed by atoms with E-state index < -0.39 is 5.92 Å². The zero-order valence-corrected chi connectivity index (χ0v) is 28.7. The van der Waals surface area contributed by atoms with Gasteiger partial charge < -0.3 is 9.47 Å². The monoisotopic (exact) mass is 621 g/mol. The van der Waals surface area contributed by atoms with Gasteiger partial charge in [0.15, 0.2) is 0 Å². The molecule has 1 unspecified atom stereocenters. The van der Waals surface area contributed by atoms with Crippen LogP contribution in [-0.4, -0.2) is 30.7 Å². The molecule has 1 aromatic rings. The smallest absolute Gasteiger partial charge is 0.286 e. The van der Waals surface area contributed by atoms with Crippen molar-refractivity contribution in [1.29, 1.82) is 0 Å². The quantitative estimate of drug-likeness (QED) is 0.0876. The molecule has 0 heterocycles. The van der Waals surface area contributed by atoms with Crippen molar-refractivity contribution < 1.29 is 18.3 Å². The number of unbranched alkanes of at least 4 members (excludes halogenated alkanes) is 1. The molecule has 0 saturated heterocycles. The number of methoxy groups -OCH3 is 1. The molecule has 1 atom stereocenters. The third kappa shape index (κ3) is 11.7. The number of aliphatic imine (C=N–C) groups is 3. The van der Waals surface area contributed by atoms with Gasteiger partial charge in [-0.25, -0.2) is 4.99 Å². The van der Waals surface area contributed by atoms with Gasteiger partial charge in [-0.1, -0.05) is 84.0 Å². The second-order valence-corrected chi connectivity index (χ2v) is 11.7. The summed E-state index contributed by atoms with van der Waals surface area (Å²) in [6.45, 7) is 21.5. The number of ether oxygens (including phenoxy) is 2. The molecule has 0 N–H and O–H groups in total. The predicted molar refractivity (Wildman–Crippen MR) is 186 cm³/mol. The maximum atomic E-state index is 14.1. The molecule has 7 heteroatoms. The first-order chi connectivity index (χ1) is 21.4. The Morgan fingerprint density at radius 1 is 1.11 bits per heavy atom. The van der Waals surface area contributed by atoms with Crippen LogP contribution in [0.1, 0.15) is 105 Å². The van der Waals surface area contributed by atoms with Crippen molar-refractivity contribution in [3.8, 4) is 0 Å². The largest absolute Gasteiger partial charge is 0.489 e. The Balaban J connectivity index is 2.26. The van der Waals surface area contributed by atoms with Crippen LogP contribution in [0.4, 0.5) is 8.78 Å². The molecular formula is C38H53F2N3O2. The van der Waals surface area contributed by atoms with Crippen LogP contribution in [0.3, 0.4) is 0 Å². The molecule has 0 bridgehead atoms. The minimum absolute atomic E-state index is 0.0232. The Bertz CT molecular complexity index is 1340. The highest BCUT2D eigenvalue weighted by atomic mass is 19.3. The molecule has 45 heavy (non-hydrogen) atoms. The van der Waals surface area contributed by atoms with Crippen LogP contribution in [0.15, 0.2) is 98.7 Å². The van der Waals surface area contributed by atoms with Crippen molar-refractivity contribution in [2.24, 2.45) is 26.8 Å². The maximum absolute atomic E-state index is 14.1. The van der Waals surface area contributed by atoms with E-state index in [9.17, 15) is 8.78 Å². The first-order valence-electron chi connectivity index (χ1n) is 16.2. The van der Waals surface area contributed by atoms with E-state index in [1.807, 2.05) is 51.3 Å². The first kappa shape index (κ1) is 37.6. The number of alkyl halides is 2. The van der Waals surface area contributed by atoms with E-state index in [1.165, 1.54) is 6.08 Å². The summed E-state index contributed by atoms with van der Waals surface area (Å²) in [5, 5.41) is 0. The molecule has 1 aromatic carbocycles. The molecule has 2 rings (SSSR count). The van der Waals surface area contributed by atoms with Gasteiger partial charge in [0.05, 0.1) is 24.1 Å². The fourth-order valence-corrected chi connectivity index (χ4v) is 4.57. The molecule has 246 valence electrons. The molecule has 0 spiro atoms. The number of hydrogen-bond acceptors (Lipinski definition) is 5. The Morgan fingerprint density at radius 2 is 1.78 bits per heavy atom. The summed E-state index contributed by atoms with van der Waals surface area (Å²) >= 11 is 0. The fourth-order valence-electron chi connectivity index (χ4n) is 4.57. The Kier molecular flexibility index (Phi) is 15.3. The standard InChI is InChI=1S/C38H53F2N3O2/c1-11-15-23-41-37(44-10)35(28(7)31-21-22-31)33(16-12-2)42-24-27(6)29(8)45-25-30-17-19-32(20-18-30)36(26(5)13-3)43-34(14-4)38(9,39)40/h14,17-20,23-24,26,31H,7-8,11-13,15-16,21-22,25H2,1-6,9-10H3/b27-24-,34-14-,37-35-,41-23-,42-33-,43-36?. The molecule has 1 fully saturated rings. The summed E-state index contributed by atoms with van der Waals surface area (Å²) in [5.74, 6) is -1.47. The van der Waals surface area contributed by atoms with Crippen LogP contribution >= 0.6 is 0 Å². The highest BCUT2D eigenvalue weighted by Gasteiger charge is 2.31. The zero-order chi connectivity index (χ0) is 33.6. The van der Waals surface area contributed by atoms with E-state index >= 15 is 0 Å².